The molecule has 2 rings (SSSR count). The normalized spacial score (nSPS) is 10.3. The molecule has 0 amide bonds. The standard InChI is InChI=1S/C14H14Cl2N2O/c1-19-10-3-5-14(13(17)7-10)18-8-9-2-4-11(15)12(16)6-9/h2-7,18H,8,17H2,1H3. The van der Waals surface area contributed by atoms with Crippen molar-refractivity contribution < 1.29 is 4.74 Å². The number of anilines is 2. The fourth-order valence-electron chi connectivity index (χ4n) is 1.68. The van der Waals surface area contributed by atoms with Crippen molar-refractivity contribution in [3.8, 4) is 5.75 Å². The molecule has 0 fully saturated rings. The molecule has 2 aromatic rings. The monoisotopic (exact) mass is 296 g/mol. The zero-order valence-corrected chi connectivity index (χ0v) is 11.9. The highest BCUT2D eigenvalue weighted by molar-refractivity contribution is 6.42. The van der Waals surface area contributed by atoms with E-state index in [0.717, 1.165) is 17.0 Å². The first kappa shape index (κ1) is 13.8. The van der Waals surface area contributed by atoms with Gasteiger partial charge in [0.2, 0.25) is 0 Å². The minimum absolute atomic E-state index is 0.545. The average molecular weight is 297 g/mol. The fourth-order valence-corrected chi connectivity index (χ4v) is 2.00. The Balaban J connectivity index is 2.07. The summed E-state index contributed by atoms with van der Waals surface area (Å²) in [5, 5.41) is 4.34. The molecule has 0 aliphatic heterocycles. The number of halogens is 2. The number of rotatable bonds is 4. The number of hydrogen-bond donors (Lipinski definition) is 2. The minimum atomic E-state index is 0.545. The summed E-state index contributed by atoms with van der Waals surface area (Å²) in [5.74, 6) is 0.734. The molecule has 5 heteroatoms. The zero-order valence-electron chi connectivity index (χ0n) is 10.4. The molecule has 19 heavy (non-hydrogen) atoms. The van der Waals surface area contributed by atoms with Crippen LogP contribution in [0.5, 0.6) is 5.75 Å². The van der Waals surface area contributed by atoms with Crippen LogP contribution in [0.3, 0.4) is 0 Å². The van der Waals surface area contributed by atoms with E-state index in [2.05, 4.69) is 5.32 Å². The maximum atomic E-state index is 5.97. The summed E-state index contributed by atoms with van der Waals surface area (Å²) in [7, 11) is 1.61. The van der Waals surface area contributed by atoms with E-state index in [4.69, 9.17) is 33.7 Å². The van der Waals surface area contributed by atoms with Gasteiger partial charge in [0.1, 0.15) is 5.75 Å². The highest BCUT2D eigenvalue weighted by Crippen LogP contribution is 2.26. The van der Waals surface area contributed by atoms with Crippen molar-refractivity contribution >= 4 is 34.6 Å². The van der Waals surface area contributed by atoms with E-state index < -0.39 is 0 Å². The van der Waals surface area contributed by atoms with E-state index in [0.29, 0.717) is 22.3 Å². The Kier molecular flexibility index (Phi) is 4.40. The molecular weight excluding hydrogens is 283 g/mol. The number of nitrogen functional groups attached to an aromatic ring is 1. The van der Waals surface area contributed by atoms with Crippen LogP contribution in [0.4, 0.5) is 11.4 Å². The predicted molar refractivity (Wildman–Crippen MR) is 81.2 cm³/mol. The lowest BCUT2D eigenvalue weighted by Crippen LogP contribution is -2.02. The molecule has 0 bridgehead atoms. The Bertz CT molecular complexity index is 588. The number of methoxy groups -OCH3 is 1. The summed E-state index contributed by atoms with van der Waals surface area (Å²) in [4.78, 5) is 0. The Morgan fingerprint density at radius 1 is 1.11 bits per heavy atom. The van der Waals surface area contributed by atoms with Crippen molar-refractivity contribution in [2.75, 3.05) is 18.2 Å². The summed E-state index contributed by atoms with van der Waals surface area (Å²) < 4.78 is 5.10. The number of nitrogens with two attached hydrogens (primary N) is 1. The second kappa shape index (κ2) is 6.04. The Morgan fingerprint density at radius 2 is 1.89 bits per heavy atom. The zero-order chi connectivity index (χ0) is 13.8. The maximum Gasteiger partial charge on any atom is 0.121 e. The SMILES string of the molecule is COc1ccc(NCc2ccc(Cl)c(Cl)c2)c(N)c1. The molecule has 0 heterocycles. The quantitative estimate of drug-likeness (QED) is 0.832. The van der Waals surface area contributed by atoms with Crippen LogP contribution in [0.2, 0.25) is 10.0 Å². The second-order valence-corrected chi connectivity index (χ2v) is 4.87. The number of hydrogen-bond acceptors (Lipinski definition) is 3. The molecule has 0 aromatic heterocycles. The third kappa shape index (κ3) is 3.46. The Morgan fingerprint density at radius 3 is 2.53 bits per heavy atom. The van der Waals surface area contributed by atoms with Crippen LogP contribution in [0.25, 0.3) is 0 Å². The summed E-state index contributed by atoms with van der Waals surface area (Å²) in [5.41, 5.74) is 8.45. The molecule has 100 valence electrons. The van der Waals surface area contributed by atoms with Crippen molar-refractivity contribution in [3.63, 3.8) is 0 Å². The van der Waals surface area contributed by atoms with Crippen LogP contribution in [0, 0.1) is 0 Å². The van der Waals surface area contributed by atoms with Gasteiger partial charge in [-0.3, -0.25) is 0 Å². The first-order chi connectivity index (χ1) is 9.10. The van der Waals surface area contributed by atoms with Gasteiger partial charge in [0.25, 0.3) is 0 Å². The van der Waals surface area contributed by atoms with Gasteiger partial charge in [0.05, 0.1) is 28.5 Å². The van der Waals surface area contributed by atoms with E-state index >= 15 is 0 Å². The van der Waals surface area contributed by atoms with E-state index in [1.165, 1.54) is 0 Å². The molecular formula is C14H14Cl2N2O. The van der Waals surface area contributed by atoms with Gasteiger partial charge in [-0.25, -0.2) is 0 Å². The maximum absolute atomic E-state index is 5.97. The van der Waals surface area contributed by atoms with Gasteiger partial charge >= 0.3 is 0 Å². The predicted octanol–water partition coefficient (Wildman–Crippen LogP) is 4.20. The van der Waals surface area contributed by atoms with Crippen LogP contribution < -0.4 is 15.8 Å². The van der Waals surface area contributed by atoms with Gasteiger partial charge in [0, 0.05) is 12.6 Å². The smallest absolute Gasteiger partial charge is 0.121 e. The molecule has 0 saturated carbocycles. The van der Waals surface area contributed by atoms with E-state index in [-0.39, 0.29) is 0 Å². The van der Waals surface area contributed by atoms with E-state index in [1.54, 1.807) is 19.2 Å². The number of ether oxygens (including phenoxy) is 1. The summed E-state index contributed by atoms with van der Waals surface area (Å²) in [6, 6.07) is 11.0. The largest absolute Gasteiger partial charge is 0.497 e. The average Bonchev–Trinajstić information content (AvgIpc) is 2.41. The molecule has 0 saturated heterocycles. The molecule has 0 aliphatic carbocycles. The lowest BCUT2D eigenvalue weighted by molar-refractivity contribution is 0.415. The van der Waals surface area contributed by atoms with Gasteiger partial charge in [0.15, 0.2) is 0 Å². The van der Waals surface area contributed by atoms with Gasteiger partial charge in [-0.1, -0.05) is 29.3 Å². The third-order valence-corrected chi connectivity index (χ3v) is 3.46. The van der Waals surface area contributed by atoms with E-state index in [9.17, 15) is 0 Å². The first-order valence-corrected chi connectivity index (χ1v) is 6.47. The van der Waals surface area contributed by atoms with Crippen molar-refractivity contribution in [2.24, 2.45) is 0 Å². The van der Waals surface area contributed by atoms with Crippen LogP contribution >= 0.6 is 23.2 Å². The molecule has 0 spiro atoms. The Labute approximate surface area is 122 Å². The van der Waals surface area contributed by atoms with Gasteiger partial charge in [-0.15, -0.1) is 0 Å². The molecule has 0 unspecified atom stereocenters. The highest BCUT2D eigenvalue weighted by atomic mass is 35.5. The molecule has 0 aliphatic rings. The van der Waals surface area contributed by atoms with Crippen molar-refractivity contribution in [1.82, 2.24) is 0 Å². The lowest BCUT2D eigenvalue weighted by atomic mass is 10.2. The molecule has 0 radical (unpaired) electrons. The number of nitrogens with one attached hydrogen (secondary N) is 1. The van der Waals surface area contributed by atoms with Crippen LogP contribution in [-0.4, -0.2) is 7.11 Å². The van der Waals surface area contributed by atoms with Gasteiger partial charge < -0.3 is 15.8 Å². The fraction of sp³-hybridized carbons (Fsp3) is 0.143. The number of benzene rings is 2. The van der Waals surface area contributed by atoms with Crippen LogP contribution in [0.15, 0.2) is 36.4 Å². The van der Waals surface area contributed by atoms with Crippen molar-refractivity contribution in [2.45, 2.75) is 6.54 Å². The molecule has 2 aromatic carbocycles. The van der Waals surface area contributed by atoms with Crippen LogP contribution in [-0.2, 0) is 6.54 Å². The minimum Gasteiger partial charge on any atom is -0.497 e. The third-order valence-electron chi connectivity index (χ3n) is 2.73. The van der Waals surface area contributed by atoms with E-state index in [1.807, 2.05) is 24.3 Å². The van der Waals surface area contributed by atoms with Gasteiger partial charge in [-0.2, -0.15) is 0 Å². The summed E-state index contributed by atoms with van der Waals surface area (Å²) in [6.45, 7) is 0.618. The van der Waals surface area contributed by atoms with Gasteiger partial charge in [-0.05, 0) is 29.8 Å². The highest BCUT2D eigenvalue weighted by Gasteiger charge is 2.03. The van der Waals surface area contributed by atoms with Crippen LogP contribution in [0.1, 0.15) is 5.56 Å². The van der Waals surface area contributed by atoms with Crippen molar-refractivity contribution in [1.29, 1.82) is 0 Å². The molecule has 3 nitrogen and oxygen atoms in total. The molecule has 3 N–H and O–H groups in total. The lowest BCUT2D eigenvalue weighted by Gasteiger charge is -2.11. The topological polar surface area (TPSA) is 47.3 Å². The summed E-state index contributed by atoms with van der Waals surface area (Å²) in [6.07, 6.45) is 0. The second-order valence-electron chi connectivity index (χ2n) is 4.06. The van der Waals surface area contributed by atoms with Crippen molar-refractivity contribution in [3.05, 3.63) is 52.0 Å². The first-order valence-electron chi connectivity index (χ1n) is 5.71. The molecule has 0 atom stereocenters. The summed E-state index contributed by atoms with van der Waals surface area (Å²) >= 11 is 11.8. The Hall–Kier alpha value is -1.58.